The number of amides is 1. The predicted octanol–water partition coefficient (Wildman–Crippen LogP) is 1.76. The average molecular weight is 382 g/mol. The zero-order chi connectivity index (χ0) is 19.9. The fourth-order valence-electron chi connectivity index (χ4n) is 3.96. The van der Waals surface area contributed by atoms with Crippen molar-refractivity contribution in [3.8, 4) is 6.07 Å². The standard InChI is InChI=1S/C22H31N5O/c1-24-10-8-21(9-11-24)25(2)18-20(16-23)22(28)27-14-12-26(13-15-27)17-19-6-4-3-5-7-19/h3-7,18,21H,8-15,17H2,1-2H3/b20-18-. The third kappa shape index (κ3) is 5.34. The van der Waals surface area contributed by atoms with Gasteiger partial charge in [-0.25, -0.2) is 0 Å². The molecule has 2 aliphatic heterocycles. The number of piperazine rings is 1. The highest BCUT2D eigenvalue weighted by atomic mass is 16.2. The van der Waals surface area contributed by atoms with Gasteiger partial charge in [-0.1, -0.05) is 30.3 Å². The molecule has 0 unspecified atom stereocenters. The summed E-state index contributed by atoms with van der Waals surface area (Å²) < 4.78 is 0. The number of nitriles is 1. The van der Waals surface area contributed by atoms with E-state index < -0.39 is 0 Å². The van der Waals surface area contributed by atoms with E-state index >= 15 is 0 Å². The zero-order valence-corrected chi connectivity index (χ0v) is 17.0. The number of benzene rings is 1. The molecule has 150 valence electrons. The maximum Gasteiger partial charge on any atom is 0.266 e. The van der Waals surface area contributed by atoms with Crippen LogP contribution in [-0.2, 0) is 11.3 Å². The Kier molecular flexibility index (Phi) is 7.07. The van der Waals surface area contributed by atoms with Gasteiger partial charge in [-0.05, 0) is 38.5 Å². The van der Waals surface area contributed by atoms with Gasteiger partial charge in [0.2, 0.25) is 0 Å². The summed E-state index contributed by atoms with van der Waals surface area (Å²) in [6.07, 6.45) is 3.89. The van der Waals surface area contributed by atoms with E-state index in [1.165, 1.54) is 5.56 Å². The minimum Gasteiger partial charge on any atom is -0.376 e. The van der Waals surface area contributed by atoms with Crippen LogP contribution in [0.3, 0.4) is 0 Å². The van der Waals surface area contributed by atoms with Crippen molar-refractivity contribution < 1.29 is 4.79 Å². The van der Waals surface area contributed by atoms with Gasteiger partial charge in [0.25, 0.3) is 5.91 Å². The van der Waals surface area contributed by atoms with E-state index in [0.717, 1.165) is 45.6 Å². The van der Waals surface area contributed by atoms with E-state index in [4.69, 9.17) is 0 Å². The molecule has 1 amide bonds. The summed E-state index contributed by atoms with van der Waals surface area (Å²) in [5.74, 6) is -0.137. The van der Waals surface area contributed by atoms with Crippen LogP contribution in [0, 0.1) is 11.3 Å². The largest absolute Gasteiger partial charge is 0.376 e. The minimum absolute atomic E-state index is 0.137. The van der Waals surface area contributed by atoms with Crippen molar-refractivity contribution >= 4 is 5.91 Å². The molecule has 2 fully saturated rings. The van der Waals surface area contributed by atoms with Gasteiger partial charge in [0.15, 0.2) is 0 Å². The van der Waals surface area contributed by atoms with Gasteiger partial charge in [-0.15, -0.1) is 0 Å². The van der Waals surface area contributed by atoms with Gasteiger partial charge in [0, 0.05) is 52.0 Å². The van der Waals surface area contributed by atoms with Gasteiger partial charge in [0.1, 0.15) is 11.6 Å². The highest BCUT2D eigenvalue weighted by Gasteiger charge is 2.25. The molecule has 3 rings (SSSR count). The van der Waals surface area contributed by atoms with Gasteiger partial charge in [-0.3, -0.25) is 9.69 Å². The lowest BCUT2D eigenvalue weighted by molar-refractivity contribution is -0.128. The summed E-state index contributed by atoms with van der Waals surface area (Å²) in [4.78, 5) is 21.4. The number of likely N-dealkylation sites (tertiary alicyclic amines) is 1. The molecule has 1 aromatic rings. The van der Waals surface area contributed by atoms with Crippen molar-refractivity contribution in [3.63, 3.8) is 0 Å². The number of piperidine rings is 1. The summed E-state index contributed by atoms with van der Waals surface area (Å²) in [5.41, 5.74) is 1.54. The van der Waals surface area contributed by atoms with Crippen LogP contribution in [0.25, 0.3) is 0 Å². The Morgan fingerprint density at radius 3 is 2.39 bits per heavy atom. The van der Waals surface area contributed by atoms with Crippen molar-refractivity contribution in [2.24, 2.45) is 0 Å². The maximum atomic E-state index is 12.8. The van der Waals surface area contributed by atoms with Crippen LogP contribution in [-0.4, -0.2) is 84.9 Å². The Morgan fingerprint density at radius 1 is 1.14 bits per heavy atom. The molecule has 0 aromatic heterocycles. The molecule has 1 aromatic carbocycles. The van der Waals surface area contributed by atoms with Gasteiger partial charge in [-0.2, -0.15) is 5.26 Å². The fraction of sp³-hybridized carbons (Fsp3) is 0.545. The first-order valence-electron chi connectivity index (χ1n) is 10.1. The second kappa shape index (κ2) is 9.72. The molecule has 2 aliphatic rings. The molecule has 0 spiro atoms. The Balaban J connectivity index is 1.53. The third-order valence-corrected chi connectivity index (χ3v) is 5.86. The Morgan fingerprint density at radius 2 is 1.79 bits per heavy atom. The minimum atomic E-state index is -0.137. The molecule has 0 radical (unpaired) electrons. The highest BCUT2D eigenvalue weighted by molar-refractivity contribution is 5.97. The van der Waals surface area contributed by atoms with Gasteiger partial charge < -0.3 is 14.7 Å². The van der Waals surface area contributed by atoms with E-state index in [1.807, 2.05) is 18.0 Å². The Bertz CT molecular complexity index is 710. The Labute approximate surface area is 168 Å². The third-order valence-electron chi connectivity index (χ3n) is 5.86. The molecular formula is C22H31N5O. The van der Waals surface area contributed by atoms with Gasteiger partial charge in [0.05, 0.1) is 0 Å². The Hall–Kier alpha value is -2.36. The first-order valence-corrected chi connectivity index (χ1v) is 10.1. The molecule has 0 saturated carbocycles. The van der Waals surface area contributed by atoms with E-state index in [2.05, 4.69) is 52.1 Å². The van der Waals surface area contributed by atoms with Crippen LogP contribution in [0.5, 0.6) is 0 Å². The van der Waals surface area contributed by atoms with Crippen LogP contribution in [0.1, 0.15) is 18.4 Å². The summed E-state index contributed by atoms with van der Waals surface area (Å²) in [5, 5.41) is 9.55. The number of hydrogen-bond donors (Lipinski definition) is 0. The molecule has 6 heteroatoms. The van der Waals surface area contributed by atoms with E-state index in [0.29, 0.717) is 19.1 Å². The lowest BCUT2D eigenvalue weighted by atomic mass is 10.0. The highest BCUT2D eigenvalue weighted by Crippen LogP contribution is 2.16. The van der Waals surface area contributed by atoms with Gasteiger partial charge >= 0.3 is 0 Å². The molecular weight excluding hydrogens is 350 g/mol. The van der Waals surface area contributed by atoms with Crippen molar-refractivity contribution in [1.82, 2.24) is 19.6 Å². The SMILES string of the molecule is CN1CCC(N(C)/C=C(/C#N)C(=O)N2CCN(Cc3ccccc3)CC2)CC1. The number of nitrogens with zero attached hydrogens (tertiary/aromatic N) is 5. The zero-order valence-electron chi connectivity index (χ0n) is 17.0. The van der Waals surface area contributed by atoms with Crippen LogP contribution < -0.4 is 0 Å². The summed E-state index contributed by atoms with van der Waals surface area (Å²) >= 11 is 0. The monoisotopic (exact) mass is 381 g/mol. The van der Waals surface area contributed by atoms with Crippen LogP contribution in [0.15, 0.2) is 42.1 Å². The van der Waals surface area contributed by atoms with Crippen molar-refractivity contribution in [3.05, 3.63) is 47.7 Å². The predicted molar refractivity (Wildman–Crippen MR) is 110 cm³/mol. The van der Waals surface area contributed by atoms with Crippen LogP contribution >= 0.6 is 0 Å². The van der Waals surface area contributed by atoms with E-state index in [1.54, 1.807) is 6.20 Å². The molecule has 2 saturated heterocycles. The molecule has 6 nitrogen and oxygen atoms in total. The second-order valence-electron chi connectivity index (χ2n) is 7.91. The summed E-state index contributed by atoms with van der Waals surface area (Å²) in [7, 11) is 4.12. The topological polar surface area (TPSA) is 53.8 Å². The average Bonchev–Trinajstić information content (AvgIpc) is 2.73. The lowest BCUT2D eigenvalue weighted by Gasteiger charge is -2.36. The number of carbonyl (C=O) groups is 1. The van der Waals surface area contributed by atoms with E-state index in [-0.39, 0.29) is 11.5 Å². The number of hydrogen-bond acceptors (Lipinski definition) is 5. The molecule has 0 atom stereocenters. The van der Waals surface area contributed by atoms with Crippen LogP contribution in [0.4, 0.5) is 0 Å². The second-order valence-corrected chi connectivity index (χ2v) is 7.91. The summed E-state index contributed by atoms with van der Waals surface area (Å²) in [6, 6.07) is 12.9. The number of rotatable bonds is 5. The number of carbonyl (C=O) groups excluding carboxylic acids is 1. The molecule has 0 N–H and O–H groups in total. The maximum absolute atomic E-state index is 12.8. The molecule has 0 aliphatic carbocycles. The summed E-state index contributed by atoms with van der Waals surface area (Å²) in [6.45, 7) is 6.03. The quantitative estimate of drug-likeness (QED) is 0.575. The first-order chi connectivity index (χ1) is 13.6. The first kappa shape index (κ1) is 20.4. The molecule has 0 bridgehead atoms. The smallest absolute Gasteiger partial charge is 0.266 e. The van der Waals surface area contributed by atoms with Crippen molar-refractivity contribution in [2.75, 3.05) is 53.4 Å². The van der Waals surface area contributed by atoms with Crippen molar-refractivity contribution in [1.29, 1.82) is 5.26 Å². The van der Waals surface area contributed by atoms with Crippen molar-refractivity contribution in [2.45, 2.75) is 25.4 Å². The molecule has 28 heavy (non-hydrogen) atoms. The fourth-order valence-corrected chi connectivity index (χ4v) is 3.96. The normalized spacial score (nSPS) is 20.0. The molecule has 2 heterocycles. The van der Waals surface area contributed by atoms with E-state index in [9.17, 15) is 10.1 Å². The lowest BCUT2D eigenvalue weighted by Crippen LogP contribution is -2.48. The van der Waals surface area contributed by atoms with Crippen LogP contribution in [0.2, 0.25) is 0 Å².